The van der Waals surface area contributed by atoms with Crippen molar-refractivity contribution in [3.8, 4) is 0 Å². The lowest BCUT2D eigenvalue weighted by molar-refractivity contribution is -0.125. The second kappa shape index (κ2) is 10.6. The molecule has 0 aliphatic heterocycles. The van der Waals surface area contributed by atoms with Gasteiger partial charge in [0.2, 0.25) is 11.8 Å². The topological polar surface area (TPSA) is 96.2 Å². The van der Waals surface area contributed by atoms with Gasteiger partial charge < -0.3 is 15.7 Å². The molecule has 3 N–H and O–H groups in total. The van der Waals surface area contributed by atoms with Crippen molar-refractivity contribution >= 4 is 34.3 Å². The monoisotopic (exact) mass is 498 g/mol. The molecule has 0 saturated heterocycles. The highest BCUT2D eigenvalue weighted by atomic mass is 35.5. The quantitative estimate of drug-likeness (QED) is 0.476. The number of rotatable bonds is 8. The number of alkyl halides is 2. The summed E-state index contributed by atoms with van der Waals surface area (Å²) >= 11 is 6.45. The number of aliphatic hydroxyl groups is 1. The number of fused-ring (bicyclic) bond motifs is 1. The number of para-hydroxylation sites is 1. The summed E-state index contributed by atoms with van der Waals surface area (Å²) in [6, 6.07) is 4.32. The van der Waals surface area contributed by atoms with Crippen LogP contribution in [0.1, 0.15) is 63.4 Å². The maximum atomic E-state index is 13.6. The molecule has 188 valence electrons. The zero-order valence-electron chi connectivity index (χ0n) is 19.8. The van der Waals surface area contributed by atoms with Crippen LogP contribution in [-0.2, 0) is 11.3 Å². The molecule has 2 aromatic rings. The summed E-state index contributed by atoms with van der Waals surface area (Å²) in [4.78, 5) is 26.1. The van der Waals surface area contributed by atoms with Crippen molar-refractivity contribution in [2.75, 3.05) is 13.2 Å². The van der Waals surface area contributed by atoms with Crippen molar-refractivity contribution in [3.05, 3.63) is 28.9 Å². The summed E-state index contributed by atoms with van der Waals surface area (Å²) < 4.78 is 28.8. The van der Waals surface area contributed by atoms with Crippen molar-refractivity contribution in [1.29, 1.82) is 0 Å². The van der Waals surface area contributed by atoms with Crippen LogP contribution in [0.5, 0.6) is 0 Å². The molecule has 0 spiro atoms. The lowest BCUT2D eigenvalue weighted by atomic mass is 9.86. The van der Waals surface area contributed by atoms with E-state index in [-0.39, 0.29) is 37.0 Å². The molecule has 1 fully saturated rings. The van der Waals surface area contributed by atoms with E-state index in [9.17, 15) is 18.4 Å². The molecule has 34 heavy (non-hydrogen) atoms. The van der Waals surface area contributed by atoms with E-state index in [1.165, 1.54) is 0 Å². The summed E-state index contributed by atoms with van der Waals surface area (Å²) in [6.45, 7) is 6.16. The zero-order valence-corrected chi connectivity index (χ0v) is 20.6. The van der Waals surface area contributed by atoms with Gasteiger partial charge in [-0.05, 0) is 36.7 Å². The molecule has 7 nitrogen and oxygen atoms in total. The van der Waals surface area contributed by atoms with Gasteiger partial charge in [0.25, 0.3) is 5.91 Å². The molecule has 2 amide bonds. The molecule has 1 atom stereocenters. The highest BCUT2D eigenvalue weighted by molar-refractivity contribution is 6.35. The number of hydrogen-bond donors (Lipinski definition) is 3. The second-order valence-corrected chi connectivity index (χ2v) is 10.5. The molecule has 0 bridgehead atoms. The minimum absolute atomic E-state index is 0.00883. The largest absolute Gasteiger partial charge is 0.396 e. The third-order valence-corrected chi connectivity index (χ3v) is 6.55. The fourth-order valence-electron chi connectivity index (χ4n) is 4.29. The smallest absolute Gasteiger partial charge is 0.273 e. The van der Waals surface area contributed by atoms with Gasteiger partial charge in [0.1, 0.15) is 6.04 Å². The van der Waals surface area contributed by atoms with Crippen molar-refractivity contribution in [1.82, 2.24) is 20.4 Å². The van der Waals surface area contributed by atoms with Crippen LogP contribution in [0.3, 0.4) is 0 Å². The van der Waals surface area contributed by atoms with E-state index in [0.29, 0.717) is 48.3 Å². The molecule has 1 aliphatic rings. The Morgan fingerprint density at radius 1 is 1.29 bits per heavy atom. The van der Waals surface area contributed by atoms with E-state index in [4.69, 9.17) is 16.7 Å². The Hall–Kier alpha value is -2.26. The Labute approximate surface area is 203 Å². The first-order valence-corrected chi connectivity index (χ1v) is 12.0. The average molecular weight is 499 g/mol. The van der Waals surface area contributed by atoms with Crippen LogP contribution in [0.15, 0.2) is 18.2 Å². The van der Waals surface area contributed by atoms with E-state index in [1.54, 1.807) is 22.9 Å². The van der Waals surface area contributed by atoms with E-state index in [2.05, 4.69) is 15.7 Å². The molecular formula is C24H33ClF2N4O3. The minimum atomic E-state index is -2.62. The maximum absolute atomic E-state index is 13.6. The molecule has 1 aromatic heterocycles. The summed E-state index contributed by atoms with van der Waals surface area (Å²) in [5.74, 6) is -3.47. The number of aromatic nitrogens is 2. The second-order valence-electron chi connectivity index (χ2n) is 10.1. The first-order chi connectivity index (χ1) is 15.9. The number of halogens is 3. The Morgan fingerprint density at radius 2 is 1.97 bits per heavy atom. The lowest BCUT2D eigenvalue weighted by Gasteiger charge is -2.30. The van der Waals surface area contributed by atoms with Crippen molar-refractivity contribution in [2.24, 2.45) is 11.3 Å². The third-order valence-electron chi connectivity index (χ3n) is 6.24. The normalized spacial score (nSPS) is 17.5. The van der Waals surface area contributed by atoms with Gasteiger partial charge in [0, 0.05) is 37.9 Å². The zero-order chi connectivity index (χ0) is 25.1. The van der Waals surface area contributed by atoms with Gasteiger partial charge in [-0.3, -0.25) is 14.3 Å². The summed E-state index contributed by atoms with van der Waals surface area (Å²) in [5.41, 5.74) is 0.130. The third kappa shape index (κ3) is 6.24. The van der Waals surface area contributed by atoms with Gasteiger partial charge in [-0.25, -0.2) is 8.78 Å². The predicted molar refractivity (Wildman–Crippen MR) is 127 cm³/mol. The number of aliphatic hydroxyl groups excluding tert-OH is 1. The molecule has 0 radical (unpaired) electrons. The summed E-state index contributed by atoms with van der Waals surface area (Å²) in [7, 11) is 0. The summed E-state index contributed by atoms with van der Waals surface area (Å²) in [6.07, 6.45) is 0.852. The number of benzene rings is 1. The number of carbonyl (C=O) groups is 2. The predicted octanol–water partition coefficient (Wildman–Crippen LogP) is 4.16. The van der Waals surface area contributed by atoms with Crippen molar-refractivity contribution < 1.29 is 23.5 Å². The van der Waals surface area contributed by atoms with Crippen LogP contribution in [0.25, 0.3) is 10.9 Å². The van der Waals surface area contributed by atoms with Crippen LogP contribution >= 0.6 is 11.6 Å². The Morgan fingerprint density at radius 3 is 2.59 bits per heavy atom. The van der Waals surface area contributed by atoms with Gasteiger partial charge in [-0.15, -0.1) is 0 Å². The molecule has 1 aliphatic carbocycles. The molecule has 10 heteroatoms. The van der Waals surface area contributed by atoms with Gasteiger partial charge >= 0.3 is 0 Å². The van der Waals surface area contributed by atoms with Gasteiger partial charge in [-0.1, -0.05) is 44.5 Å². The van der Waals surface area contributed by atoms with Crippen molar-refractivity contribution in [3.63, 3.8) is 0 Å². The highest BCUT2D eigenvalue weighted by Crippen LogP contribution is 2.37. The van der Waals surface area contributed by atoms with Crippen LogP contribution in [-0.4, -0.2) is 51.8 Å². The summed E-state index contributed by atoms with van der Waals surface area (Å²) in [5, 5.41) is 20.0. The Kier molecular flexibility index (Phi) is 8.18. The number of amides is 2. The van der Waals surface area contributed by atoms with E-state index < -0.39 is 23.3 Å². The molecular weight excluding hydrogens is 466 g/mol. The first kappa shape index (κ1) is 26.3. The highest BCUT2D eigenvalue weighted by Gasteiger charge is 2.36. The van der Waals surface area contributed by atoms with Gasteiger partial charge in [-0.2, -0.15) is 5.10 Å². The van der Waals surface area contributed by atoms with Gasteiger partial charge in [0.15, 0.2) is 5.69 Å². The van der Waals surface area contributed by atoms with Crippen molar-refractivity contribution in [2.45, 2.75) is 71.4 Å². The van der Waals surface area contributed by atoms with E-state index >= 15 is 0 Å². The number of hydrogen-bond acceptors (Lipinski definition) is 4. The molecule has 1 aromatic carbocycles. The van der Waals surface area contributed by atoms with E-state index in [0.717, 1.165) is 0 Å². The molecule has 3 rings (SSSR count). The first-order valence-electron chi connectivity index (χ1n) is 11.7. The minimum Gasteiger partial charge on any atom is -0.396 e. The van der Waals surface area contributed by atoms with Crippen LogP contribution < -0.4 is 10.6 Å². The average Bonchev–Trinajstić information content (AvgIpc) is 3.12. The number of nitrogens with zero attached hydrogens (tertiary/aromatic N) is 2. The fraction of sp³-hybridized carbons (Fsp3) is 0.625. The van der Waals surface area contributed by atoms with Crippen LogP contribution in [0.4, 0.5) is 8.78 Å². The molecule has 1 heterocycles. The maximum Gasteiger partial charge on any atom is 0.273 e. The van der Waals surface area contributed by atoms with E-state index in [1.807, 2.05) is 20.8 Å². The molecule has 1 saturated carbocycles. The Balaban J connectivity index is 1.86. The molecule has 0 unspecified atom stereocenters. The number of nitrogens with one attached hydrogen (secondary N) is 2. The van der Waals surface area contributed by atoms with Gasteiger partial charge in [0.05, 0.1) is 10.5 Å². The standard InChI is InChI=1S/C24H33ClF2N4O3/c1-23(2,3)20(22(34)28-12-5-13-32)29-21(33)18-16-6-4-7-17(25)19(16)31(30-18)14-15-8-10-24(26,27)11-9-15/h4,6-7,15,20,32H,5,8-14H2,1-3H3,(H,28,34)(H,29,33)/t20-/m1/s1. The number of carbonyl (C=O) groups excluding carboxylic acids is 2. The SMILES string of the molecule is CC(C)(C)[C@H](NC(=O)c1nn(CC2CCC(F)(F)CC2)c2c(Cl)cccc12)C(=O)NCCCO. The fourth-order valence-corrected chi connectivity index (χ4v) is 4.56. The Bertz CT molecular complexity index is 1030. The lowest BCUT2D eigenvalue weighted by Crippen LogP contribution is -2.53. The van der Waals surface area contributed by atoms with Crippen LogP contribution in [0.2, 0.25) is 5.02 Å². The van der Waals surface area contributed by atoms with Crippen LogP contribution in [0, 0.1) is 11.3 Å².